The highest BCUT2D eigenvalue weighted by atomic mass is 19.4. The standard InChI is InChI=1S/C11H11F3O/c12-11(13,14)10-4-2-1-3-8(10)9-5-7(9)6-15/h1-4,7,9,15H,5-6H2/t7-,9-/m1/s1. The molecule has 1 aliphatic carbocycles. The number of hydrogen-bond acceptors (Lipinski definition) is 1. The van der Waals surface area contributed by atoms with Gasteiger partial charge in [0.15, 0.2) is 0 Å². The lowest BCUT2D eigenvalue weighted by molar-refractivity contribution is -0.138. The Balaban J connectivity index is 2.32. The molecule has 1 aromatic rings. The number of aliphatic hydroxyl groups is 1. The lowest BCUT2D eigenvalue weighted by atomic mass is 10.0. The highest BCUT2D eigenvalue weighted by molar-refractivity contribution is 5.36. The summed E-state index contributed by atoms with van der Waals surface area (Å²) in [5, 5.41) is 8.85. The summed E-state index contributed by atoms with van der Waals surface area (Å²) in [4.78, 5) is 0. The van der Waals surface area contributed by atoms with Crippen molar-refractivity contribution in [3.05, 3.63) is 35.4 Å². The summed E-state index contributed by atoms with van der Waals surface area (Å²) >= 11 is 0. The van der Waals surface area contributed by atoms with Crippen LogP contribution < -0.4 is 0 Å². The summed E-state index contributed by atoms with van der Waals surface area (Å²) in [6.07, 6.45) is -3.64. The van der Waals surface area contributed by atoms with Crippen LogP contribution >= 0.6 is 0 Å². The second-order valence-electron chi connectivity index (χ2n) is 3.87. The lowest BCUT2D eigenvalue weighted by Gasteiger charge is -2.12. The van der Waals surface area contributed by atoms with Gasteiger partial charge >= 0.3 is 6.18 Å². The van der Waals surface area contributed by atoms with Crippen molar-refractivity contribution >= 4 is 0 Å². The van der Waals surface area contributed by atoms with Crippen molar-refractivity contribution in [2.24, 2.45) is 5.92 Å². The van der Waals surface area contributed by atoms with Gasteiger partial charge in [-0.25, -0.2) is 0 Å². The maximum atomic E-state index is 12.6. The molecule has 4 heteroatoms. The van der Waals surface area contributed by atoms with Crippen molar-refractivity contribution < 1.29 is 18.3 Å². The molecular formula is C11H11F3O. The highest BCUT2D eigenvalue weighted by Crippen LogP contribution is 2.50. The van der Waals surface area contributed by atoms with Crippen LogP contribution in [0.3, 0.4) is 0 Å². The Hall–Kier alpha value is -1.03. The Labute approximate surface area is 85.5 Å². The molecule has 1 aliphatic rings. The van der Waals surface area contributed by atoms with E-state index in [1.807, 2.05) is 0 Å². The van der Waals surface area contributed by atoms with E-state index in [0.717, 1.165) is 6.07 Å². The fourth-order valence-electron chi connectivity index (χ4n) is 1.91. The third-order valence-corrected chi connectivity index (χ3v) is 2.82. The Morgan fingerprint density at radius 2 is 1.93 bits per heavy atom. The molecule has 1 nitrogen and oxygen atoms in total. The van der Waals surface area contributed by atoms with Crippen LogP contribution in [0.25, 0.3) is 0 Å². The Morgan fingerprint density at radius 3 is 2.47 bits per heavy atom. The minimum atomic E-state index is -4.29. The van der Waals surface area contributed by atoms with E-state index in [1.54, 1.807) is 6.07 Å². The molecule has 0 aliphatic heterocycles. The topological polar surface area (TPSA) is 20.2 Å². The van der Waals surface area contributed by atoms with Gasteiger partial charge in [0.25, 0.3) is 0 Å². The lowest BCUT2D eigenvalue weighted by Crippen LogP contribution is -2.08. The van der Waals surface area contributed by atoms with E-state index in [4.69, 9.17) is 5.11 Å². The van der Waals surface area contributed by atoms with Gasteiger partial charge in [-0.05, 0) is 29.9 Å². The van der Waals surface area contributed by atoms with Gasteiger partial charge in [0.2, 0.25) is 0 Å². The van der Waals surface area contributed by atoms with E-state index < -0.39 is 11.7 Å². The molecule has 0 saturated heterocycles. The van der Waals surface area contributed by atoms with Crippen LogP contribution in [0.1, 0.15) is 23.5 Å². The van der Waals surface area contributed by atoms with Crippen LogP contribution in [0.2, 0.25) is 0 Å². The first kappa shape index (κ1) is 10.5. The average Bonchev–Trinajstić information content (AvgIpc) is 2.95. The second-order valence-corrected chi connectivity index (χ2v) is 3.87. The molecule has 0 radical (unpaired) electrons. The van der Waals surface area contributed by atoms with E-state index in [1.165, 1.54) is 12.1 Å². The third-order valence-electron chi connectivity index (χ3n) is 2.82. The molecule has 0 bridgehead atoms. The van der Waals surface area contributed by atoms with Gasteiger partial charge in [-0.3, -0.25) is 0 Å². The zero-order valence-electron chi connectivity index (χ0n) is 7.96. The summed E-state index contributed by atoms with van der Waals surface area (Å²) in [5.74, 6) is -0.110. The zero-order valence-corrected chi connectivity index (χ0v) is 7.96. The van der Waals surface area contributed by atoms with E-state index in [-0.39, 0.29) is 18.4 Å². The summed E-state index contributed by atoms with van der Waals surface area (Å²) < 4.78 is 37.8. The molecule has 1 N–H and O–H groups in total. The number of alkyl halides is 3. The third kappa shape index (κ3) is 2.00. The van der Waals surface area contributed by atoms with Crippen molar-refractivity contribution in [2.75, 3.05) is 6.61 Å². The predicted octanol–water partition coefficient (Wildman–Crippen LogP) is 2.80. The molecule has 1 aromatic carbocycles. The van der Waals surface area contributed by atoms with Crippen LogP contribution in [0.5, 0.6) is 0 Å². The summed E-state index contributed by atoms with van der Waals surface area (Å²) in [6.45, 7) is -0.0309. The van der Waals surface area contributed by atoms with E-state index in [0.29, 0.717) is 12.0 Å². The molecule has 82 valence electrons. The minimum absolute atomic E-state index is 0.00787. The summed E-state index contributed by atoms with van der Waals surface area (Å²) in [6, 6.07) is 5.60. The van der Waals surface area contributed by atoms with Gasteiger partial charge in [0.05, 0.1) is 5.56 Å². The van der Waals surface area contributed by atoms with Gasteiger partial charge in [0.1, 0.15) is 0 Å². The zero-order chi connectivity index (χ0) is 11.1. The van der Waals surface area contributed by atoms with Crippen LogP contribution in [-0.4, -0.2) is 11.7 Å². The number of benzene rings is 1. The fraction of sp³-hybridized carbons (Fsp3) is 0.455. The fourth-order valence-corrected chi connectivity index (χ4v) is 1.91. The molecule has 2 rings (SSSR count). The number of hydrogen-bond donors (Lipinski definition) is 1. The van der Waals surface area contributed by atoms with E-state index in [2.05, 4.69) is 0 Å². The van der Waals surface area contributed by atoms with Crippen molar-refractivity contribution in [1.29, 1.82) is 0 Å². The van der Waals surface area contributed by atoms with E-state index in [9.17, 15) is 13.2 Å². The molecular weight excluding hydrogens is 205 g/mol. The van der Waals surface area contributed by atoms with Crippen LogP contribution in [-0.2, 0) is 6.18 Å². The van der Waals surface area contributed by atoms with Crippen molar-refractivity contribution in [1.82, 2.24) is 0 Å². The van der Waals surface area contributed by atoms with Crippen molar-refractivity contribution in [2.45, 2.75) is 18.5 Å². The van der Waals surface area contributed by atoms with Gasteiger partial charge in [-0.2, -0.15) is 13.2 Å². The number of halogens is 3. The maximum Gasteiger partial charge on any atom is 0.416 e. The second kappa shape index (κ2) is 3.52. The number of aliphatic hydroxyl groups excluding tert-OH is 1. The van der Waals surface area contributed by atoms with Crippen molar-refractivity contribution in [3.8, 4) is 0 Å². The maximum absolute atomic E-state index is 12.6. The predicted molar refractivity (Wildman–Crippen MR) is 49.4 cm³/mol. The molecule has 1 saturated carbocycles. The molecule has 0 amide bonds. The molecule has 0 aromatic heterocycles. The molecule has 0 spiro atoms. The Bertz CT molecular complexity index is 359. The first-order valence-electron chi connectivity index (χ1n) is 4.81. The van der Waals surface area contributed by atoms with Gasteiger partial charge in [-0.15, -0.1) is 0 Å². The SMILES string of the molecule is OC[C@H]1C[C@H]1c1ccccc1C(F)(F)F. The summed E-state index contributed by atoms with van der Waals surface area (Å²) in [5.41, 5.74) is -0.241. The first-order valence-corrected chi connectivity index (χ1v) is 4.81. The van der Waals surface area contributed by atoms with Gasteiger partial charge in [-0.1, -0.05) is 18.2 Å². The molecule has 0 unspecified atom stereocenters. The van der Waals surface area contributed by atoms with Crippen molar-refractivity contribution in [3.63, 3.8) is 0 Å². The van der Waals surface area contributed by atoms with Gasteiger partial charge in [0, 0.05) is 6.61 Å². The monoisotopic (exact) mass is 216 g/mol. The van der Waals surface area contributed by atoms with E-state index >= 15 is 0 Å². The molecule has 0 heterocycles. The summed E-state index contributed by atoms with van der Waals surface area (Å²) in [7, 11) is 0. The normalized spacial score (nSPS) is 25.3. The molecule has 1 fully saturated rings. The first-order chi connectivity index (χ1) is 7.04. The van der Waals surface area contributed by atoms with Crippen LogP contribution in [0, 0.1) is 5.92 Å². The van der Waals surface area contributed by atoms with Crippen LogP contribution in [0.4, 0.5) is 13.2 Å². The Morgan fingerprint density at radius 1 is 1.27 bits per heavy atom. The smallest absolute Gasteiger partial charge is 0.396 e. The number of rotatable bonds is 2. The van der Waals surface area contributed by atoms with Crippen LogP contribution in [0.15, 0.2) is 24.3 Å². The molecule has 15 heavy (non-hydrogen) atoms. The largest absolute Gasteiger partial charge is 0.416 e. The molecule has 2 atom stereocenters. The average molecular weight is 216 g/mol. The minimum Gasteiger partial charge on any atom is -0.396 e. The quantitative estimate of drug-likeness (QED) is 0.805. The van der Waals surface area contributed by atoms with Gasteiger partial charge < -0.3 is 5.11 Å². The highest BCUT2D eigenvalue weighted by Gasteiger charge is 2.43. The Kier molecular flexibility index (Phi) is 2.46.